The van der Waals surface area contributed by atoms with E-state index < -0.39 is 0 Å². The van der Waals surface area contributed by atoms with Gasteiger partial charge in [0.25, 0.3) is 5.91 Å². The van der Waals surface area contributed by atoms with Gasteiger partial charge in [0.2, 0.25) is 0 Å². The van der Waals surface area contributed by atoms with Crippen molar-refractivity contribution in [1.82, 2.24) is 4.57 Å². The van der Waals surface area contributed by atoms with E-state index in [2.05, 4.69) is 5.32 Å². The van der Waals surface area contributed by atoms with Crippen molar-refractivity contribution >= 4 is 22.5 Å². The van der Waals surface area contributed by atoms with Crippen LogP contribution in [0.1, 0.15) is 21.6 Å². The van der Waals surface area contributed by atoms with Gasteiger partial charge in [0.05, 0.1) is 0 Å². The summed E-state index contributed by atoms with van der Waals surface area (Å²) in [6.07, 6.45) is 0. The van der Waals surface area contributed by atoms with Crippen LogP contribution >= 0.6 is 0 Å². The van der Waals surface area contributed by atoms with Gasteiger partial charge in [-0.15, -0.1) is 0 Å². The number of amides is 1. The standard InChI is InChI=1S/C18H18N2O/c1-12-8-10-14(11-9-12)19-18(21)17-13(2)15-6-4-5-7-16(15)20(17)3/h4-11H,1-3H3,(H,19,21). The molecule has 3 aromatic rings. The van der Waals surface area contributed by atoms with Gasteiger partial charge >= 0.3 is 0 Å². The molecule has 1 amide bonds. The van der Waals surface area contributed by atoms with Crippen molar-refractivity contribution in [2.24, 2.45) is 7.05 Å². The Morgan fingerprint density at radius 3 is 2.33 bits per heavy atom. The zero-order valence-electron chi connectivity index (χ0n) is 12.5. The summed E-state index contributed by atoms with van der Waals surface area (Å²) in [6, 6.07) is 15.9. The molecule has 0 aliphatic heterocycles. The molecule has 0 unspecified atom stereocenters. The number of aryl methyl sites for hydroxylation is 3. The zero-order chi connectivity index (χ0) is 15.0. The van der Waals surface area contributed by atoms with Crippen LogP contribution in [0.15, 0.2) is 48.5 Å². The largest absolute Gasteiger partial charge is 0.339 e. The number of fused-ring (bicyclic) bond motifs is 1. The molecule has 3 heteroatoms. The summed E-state index contributed by atoms with van der Waals surface area (Å²) >= 11 is 0. The molecule has 3 nitrogen and oxygen atoms in total. The van der Waals surface area contributed by atoms with Crippen molar-refractivity contribution in [3.8, 4) is 0 Å². The number of para-hydroxylation sites is 1. The highest BCUT2D eigenvalue weighted by molar-refractivity contribution is 6.08. The van der Waals surface area contributed by atoms with Gasteiger partial charge in [-0.3, -0.25) is 4.79 Å². The Bertz CT molecular complexity index is 774. The highest BCUT2D eigenvalue weighted by Gasteiger charge is 2.17. The number of hydrogen-bond acceptors (Lipinski definition) is 1. The number of benzene rings is 2. The van der Waals surface area contributed by atoms with E-state index >= 15 is 0 Å². The fourth-order valence-corrected chi connectivity index (χ4v) is 2.73. The molecule has 0 radical (unpaired) electrons. The Hall–Kier alpha value is -2.55. The van der Waals surface area contributed by atoms with Crippen molar-refractivity contribution in [3.63, 3.8) is 0 Å². The molecule has 1 heterocycles. The quantitative estimate of drug-likeness (QED) is 0.754. The Morgan fingerprint density at radius 1 is 1.00 bits per heavy atom. The molecule has 0 saturated carbocycles. The van der Waals surface area contributed by atoms with Gasteiger partial charge in [-0.1, -0.05) is 35.9 Å². The fourth-order valence-electron chi connectivity index (χ4n) is 2.73. The molecule has 1 aromatic heterocycles. The van der Waals surface area contributed by atoms with Crippen LogP contribution < -0.4 is 5.32 Å². The van der Waals surface area contributed by atoms with Crippen LogP contribution in [0.4, 0.5) is 5.69 Å². The van der Waals surface area contributed by atoms with E-state index in [1.165, 1.54) is 5.56 Å². The Kier molecular flexibility index (Phi) is 3.26. The second-order valence-electron chi connectivity index (χ2n) is 5.37. The first-order chi connectivity index (χ1) is 10.1. The van der Waals surface area contributed by atoms with Crippen molar-refractivity contribution < 1.29 is 4.79 Å². The van der Waals surface area contributed by atoms with Gasteiger partial charge < -0.3 is 9.88 Å². The molecule has 0 saturated heterocycles. The molecule has 0 aliphatic rings. The Balaban J connectivity index is 2.00. The maximum Gasteiger partial charge on any atom is 0.272 e. The minimum atomic E-state index is -0.0740. The normalized spacial score (nSPS) is 10.8. The lowest BCUT2D eigenvalue weighted by molar-refractivity contribution is 0.101. The van der Waals surface area contributed by atoms with Crippen molar-refractivity contribution in [3.05, 3.63) is 65.4 Å². The van der Waals surface area contributed by atoms with E-state index in [0.717, 1.165) is 22.2 Å². The van der Waals surface area contributed by atoms with Gasteiger partial charge in [0.1, 0.15) is 5.69 Å². The van der Waals surface area contributed by atoms with Gasteiger partial charge in [-0.25, -0.2) is 0 Å². The lowest BCUT2D eigenvalue weighted by Crippen LogP contribution is -2.16. The fraction of sp³-hybridized carbons (Fsp3) is 0.167. The Labute approximate surface area is 124 Å². The summed E-state index contributed by atoms with van der Waals surface area (Å²) in [5, 5.41) is 4.09. The highest BCUT2D eigenvalue weighted by Crippen LogP contribution is 2.25. The van der Waals surface area contributed by atoms with E-state index in [1.54, 1.807) is 0 Å². The maximum absolute atomic E-state index is 12.6. The number of nitrogens with zero attached hydrogens (tertiary/aromatic N) is 1. The van der Waals surface area contributed by atoms with Gasteiger partial charge in [-0.05, 0) is 37.6 Å². The van der Waals surface area contributed by atoms with Gasteiger partial charge in [-0.2, -0.15) is 0 Å². The first kappa shape index (κ1) is 13.4. The second-order valence-corrected chi connectivity index (χ2v) is 5.37. The second kappa shape index (κ2) is 5.09. The maximum atomic E-state index is 12.6. The molecule has 0 atom stereocenters. The van der Waals surface area contributed by atoms with Crippen LogP contribution in [0.25, 0.3) is 10.9 Å². The summed E-state index contributed by atoms with van der Waals surface area (Å²) in [5.41, 5.74) is 4.78. The van der Waals surface area contributed by atoms with Crippen LogP contribution in [0.5, 0.6) is 0 Å². The number of carbonyl (C=O) groups excluding carboxylic acids is 1. The lowest BCUT2D eigenvalue weighted by atomic mass is 10.1. The summed E-state index contributed by atoms with van der Waals surface area (Å²) in [7, 11) is 1.93. The first-order valence-corrected chi connectivity index (χ1v) is 7.00. The monoisotopic (exact) mass is 278 g/mol. The van der Waals surface area contributed by atoms with Crippen LogP contribution in [-0.2, 0) is 7.05 Å². The Morgan fingerprint density at radius 2 is 1.67 bits per heavy atom. The zero-order valence-corrected chi connectivity index (χ0v) is 12.5. The number of aromatic nitrogens is 1. The van der Waals surface area contributed by atoms with Gasteiger partial charge in [0, 0.05) is 23.6 Å². The third-order valence-electron chi connectivity index (χ3n) is 3.88. The molecule has 21 heavy (non-hydrogen) atoms. The number of hydrogen-bond donors (Lipinski definition) is 1. The van der Waals surface area contributed by atoms with E-state index in [1.807, 2.05) is 74.0 Å². The SMILES string of the molecule is Cc1ccc(NC(=O)c2c(C)c3ccccc3n2C)cc1. The van der Waals surface area contributed by atoms with Crippen molar-refractivity contribution in [2.75, 3.05) is 5.32 Å². The minimum absolute atomic E-state index is 0.0740. The molecular formula is C18H18N2O. The topological polar surface area (TPSA) is 34.0 Å². The summed E-state index contributed by atoms with van der Waals surface area (Å²) < 4.78 is 1.95. The molecule has 1 N–H and O–H groups in total. The van der Waals surface area contributed by atoms with Crippen LogP contribution in [0.3, 0.4) is 0 Å². The molecule has 0 bridgehead atoms. The van der Waals surface area contributed by atoms with Crippen molar-refractivity contribution in [1.29, 1.82) is 0 Å². The summed E-state index contributed by atoms with van der Waals surface area (Å²) in [6.45, 7) is 4.02. The predicted molar refractivity (Wildman–Crippen MR) is 86.8 cm³/mol. The van der Waals surface area contributed by atoms with Crippen LogP contribution in [-0.4, -0.2) is 10.5 Å². The number of carbonyl (C=O) groups is 1. The average Bonchev–Trinajstić information content (AvgIpc) is 2.74. The molecule has 0 spiro atoms. The molecule has 106 valence electrons. The van der Waals surface area contributed by atoms with Crippen LogP contribution in [0, 0.1) is 13.8 Å². The predicted octanol–water partition coefficient (Wildman–Crippen LogP) is 4.05. The number of anilines is 1. The summed E-state index contributed by atoms with van der Waals surface area (Å²) in [5.74, 6) is -0.0740. The smallest absolute Gasteiger partial charge is 0.272 e. The molecule has 0 fully saturated rings. The summed E-state index contributed by atoms with van der Waals surface area (Å²) in [4.78, 5) is 12.6. The van der Waals surface area contributed by atoms with Crippen LogP contribution in [0.2, 0.25) is 0 Å². The number of nitrogens with one attached hydrogen (secondary N) is 1. The first-order valence-electron chi connectivity index (χ1n) is 7.00. The van der Waals surface area contributed by atoms with E-state index in [-0.39, 0.29) is 5.91 Å². The van der Waals surface area contributed by atoms with E-state index in [9.17, 15) is 4.79 Å². The highest BCUT2D eigenvalue weighted by atomic mass is 16.1. The number of rotatable bonds is 2. The lowest BCUT2D eigenvalue weighted by Gasteiger charge is -2.08. The third kappa shape index (κ3) is 2.31. The van der Waals surface area contributed by atoms with E-state index in [0.29, 0.717) is 5.69 Å². The van der Waals surface area contributed by atoms with Crippen molar-refractivity contribution in [2.45, 2.75) is 13.8 Å². The molecule has 3 rings (SSSR count). The molecular weight excluding hydrogens is 260 g/mol. The molecule has 0 aliphatic carbocycles. The minimum Gasteiger partial charge on any atom is -0.339 e. The van der Waals surface area contributed by atoms with Gasteiger partial charge in [0.15, 0.2) is 0 Å². The molecule has 2 aromatic carbocycles. The average molecular weight is 278 g/mol. The third-order valence-corrected chi connectivity index (χ3v) is 3.88. The van der Waals surface area contributed by atoms with E-state index in [4.69, 9.17) is 0 Å².